The lowest BCUT2D eigenvalue weighted by Gasteiger charge is -2.16. The van der Waals surface area contributed by atoms with Gasteiger partial charge < -0.3 is 24.9 Å². The summed E-state index contributed by atoms with van der Waals surface area (Å²) in [6.45, 7) is 0.116. The van der Waals surface area contributed by atoms with E-state index in [4.69, 9.17) is 4.42 Å². The fourth-order valence-corrected chi connectivity index (χ4v) is 4.10. The Morgan fingerprint density at radius 1 is 1.08 bits per heavy atom. The van der Waals surface area contributed by atoms with E-state index in [1.165, 1.54) is 12.1 Å². The lowest BCUT2D eigenvalue weighted by atomic mass is 10.1. The van der Waals surface area contributed by atoms with Crippen molar-refractivity contribution in [1.82, 2.24) is 15.2 Å². The van der Waals surface area contributed by atoms with Crippen LogP contribution >= 0.6 is 0 Å². The third kappa shape index (κ3) is 6.68. The van der Waals surface area contributed by atoms with Gasteiger partial charge in [-0.1, -0.05) is 17.9 Å². The number of halogens is 6. The zero-order valence-corrected chi connectivity index (χ0v) is 19.0. The summed E-state index contributed by atoms with van der Waals surface area (Å²) < 4.78 is 86.7. The van der Waals surface area contributed by atoms with Crippen LogP contribution in [0.1, 0.15) is 37.7 Å². The van der Waals surface area contributed by atoms with Gasteiger partial charge in [0.2, 0.25) is 0 Å². The van der Waals surface area contributed by atoms with E-state index in [2.05, 4.69) is 30.6 Å². The summed E-state index contributed by atoms with van der Waals surface area (Å²) in [5, 5.41) is 23.1. The van der Waals surface area contributed by atoms with Crippen molar-refractivity contribution in [3.8, 4) is 17.3 Å². The number of hydrogen-bond donors (Lipinski definition) is 3. The van der Waals surface area contributed by atoms with Crippen LogP contribution < -0.4 is 15.4 Å². The molecule has 1 fully saturated rings. The molecule has 196 valence electrons. The first kappa shape index (κ1) is 25.8. The Morgan fingerprint density at radius 3 is 2.56 bits per heavy atom. The quantitative estimate of drug-likeness (QED) is 0.287. The van der Waals surface area contributed by atoms with Crippen molar-refractivity contribution < 1.29 is 40.6 Å². The number of pyridine rings is 1. The van der Waals surface area contributed by atoms with Crippen LogP contribution in [0, 0.1) is 6.92 Å². The summed E-state index contributed by atoms with van der Waals surface area (Å²) in [5.74, 6) is -0.853. The predicted octanol–water partition coefficient (Wildman–Crippen LogP) is 5.57. The Hall–Kier alpha value is -3.29. The summed E-state index contributed by atoms with van der Waals surface area (Å²) >= 11 is 0. The highest BCUT2D eigenvalue weighted by molar-refractivity contribution is 5.92. The number of anilines is 2. The SMILES string of the molecule is Cc1cc(-c2nnc(NC3CCCCC(O)C3)o2)nc2c(OC(F)(F)F)cc(NCC(F)(F)F)cc12. The van der Waals surface area contributed by atoms with E-state index in [0.29, 0.717) is 18.4 Å². The first-order chi connectivity index (χ1) is 16.9. The van der Waals surface area contributed by atoms with E-state index in [1.54, 1.807) is 6.92 Å². The minimum Gasteiger partial charge on any atom is -0.403 e. The maximum absolute atomic E-state index is 13.1. The first-order valence-electron chi connectivity index (χ1n) is 11.2. The number of ether oxygens (including phenoxy) is 1. The van der Waals surface area contributed by atoms with Gasteiger partial charge >= 0.3 is 18.6 Å². The van der Waals surface area contributed by atoms with Gasteiger partial charge in [0.05, 0.1) is 6.10 Å². The summed E-state index contributed by atoms with van der Waals surface area (Å²) in [4.78, 5) is 4.19. The van der Waals surface area contributed by atoms with Crippen molar-refractivity contribution in [2.45, 2.75) is 63.7 Å². The van der Waals surface area contributed by atoms with E-state index in [1.807, 2.05) is 0 Å². The molecule has 1 aliphatic carbocycles. The van der Waals surface area contributed by atoms with E-state index >= 15 is 0 Å². The number of rotatable bonds is 6. The zero-order valence-electron chi connectivity index (χ0n) is 19.0. The fraction of sp³-hybridized carbons (Fsp3) is 0.500. The summed E-state index contributed by atoms with van der Waals surface area (Å²) in [6, 6.07) is 3.52. The molecule has 0 spiro atoms. The number of hydrogen-bond acceptors (Lipinski definition) is 8. The van der Waals surface area contributed by atoms with Crippen LogP contribution in [-0.4, -0.2) is 51.5 Å². The van der Waals surface area contributed by atoms with Crippen LogP contribution in [-0.2, 0) is 0 Å². The molecular formula is C22H23F6N5O3. The van der Waals surface area contributed by atoms with Gasteiger partial charge in [-0.2, -0.15) is 13.2 Å². The number of aromatic nitrogens is 3. The molecule has 3 N–H and O–H groups in total. The van der Waals surface area contributed by atoms with Crippen molar-refractivity contribution >= 4 is 22.6 Å². The molecule has 0 amide bonds. The number of fused-ring (bicyclic) bond motifs is 1. The molecule has 0 saturated heterocycles. The van der Waals surface area contributed by atoms with Gasteiger partial charge in [-0.3, -0.25) is 0 Å². The van der Waals surface area contributed by atoms with Crippen molar-refractivity contribution in [1.29, 1.82) is 0 Å². The Labute approximate surface area is 201 Å². The van der Waals surface area contributed by atoms with Crippen LogP contribution in [0.25, 0.3) is 22.5 Å². The molecule has 2 heterocycles. The first-order valence-corrected chi connectivity index (χ1v) is 11.2. The summed E-state index contributed by atoms with van der Waals surface area (Å²) in [7, 11) is 0. The number of aliphatic hydroxyl groups is 1. The Kier molecular flexibility index (Phi) is 7.16. The fourth-order valence-electron chi connectivity index (χ4n) is 4.10. The van der Waals surface area contributed by atoms with E-state index in [9.17, 15) is 31.4 Å². The normalized spacial score (nSPS) is 19.2. The second kappa shape index (κ2) is 9.99. The minimum atomic E-state index is -5.11. The molecule has 0 aliphatic heterocycles. The average molecular weight is 519 g/mol. The molecule has 3 aromatic rings. The Morgan fingerprint density at radius 2 is 1.83 bits per heavy atom. The van der Waals surface area contributed by atoms with Gasteiger partial charge in [0, 0.05) is 23.2 Å². The number of alkyl halides is 6. The maximum atomic E-state index is 13.1. The molecule has 0 radical (unpaired) electrons. The summed E-state index contributed by atoms with van der Waals surface area (Å²) in [5.41, 5.74) is 0.00725. The molecule has 36 heavy (non-hydrogen) atoms. The zero-order chi connectivity index (χ0) is 26.1. The number of aryl methyl sites for hydroxylation is 1. The monoisotopic (exact) mass is 519 g/mol. The van der Waals surface area contributed by atoms with Crippen molar-refractivity contribution in [3.63, 3.8) is 0 Å². The molecule has 0 bridgehead atoms. The molecule has 1 saturated carbocycles. The lowest BCUT2D eigenvalue weighted by molar-refractivity contribution is -0.274. The molecule has 1 aromatic carbocycles. The third-order valence-corrected chi connectivity index (χ3v) is 5.67. The molecule has 4 rings (SSSR count). The topological polar surface area (TPSA) is 105 Å². The number of nitrogens with one attached hydrogen (secondary N) is 2. The Balaban J connectivity index is 1.66. The van der Waals surface area contributed by atoms with Crippen LogP contribution in [0.3, 0.4) is 0 Å². The van der Waals surface area contributed by atoms with Gasteiger partial charge in [0.25, 0.3) is 5.89 Å². The number of aliphatic hydroxyl groups excluding tert-OH is 1. The van der Waals surface area contributed by atoms with Crippen molar-refractivity contribution in [2.75, 3.05) is 17.2 Å². The highest BCUT2D eigenvalue weighted by Crippen LogP contribution is 2.36. The lowest BCUT2D eigenvalue weighted by Crippen LogP contribution is -2.23. The van der Waals surface area contributed by atoms with Crippen LogP contribution in [0.2, 0.25) is 0 Å². The smallest absolute Gasteiger partial charge is 0.403 e. The molecule has 1 aliphatic rings. The van der Waals surface area contributed by atoms with Crippen LogP contribution in [0.5, 0.6) is 5.75 Å². The number of benzene rings is 1. The molecular weight excluding hydrogens is 496 g/mol. The van der Waals surface area contributed by atoms with Crippen molar-refractivity contribution in [3.05, 3.63) is 23.8 Å². The maximum Gasteiger partial charge on any atom is 0.573 e. The van der Waals surface area contributed by atoms with Gasteiger partial charge in [0.15, 0.2) is 5.75 Å². The van der Waals surface area contributed by atoms with E-state index < -0.39 is 30.9 Å². The van der Waals surface area contributed by atoms with Gasteiger partial charge in [0.1, 0.15) is 17.8 Å². The average Bonchev–Trinajstić information content (AvgIpc) is 3.12. The highest BCUT2D eigenvalue weighted by atomic mass is 19.4. The third-order valence-electron chi connectivity index (χ3n) is 5.67. The second-order valence-electron chi connectivity index (χ2n) is 8.64. The molecule has 2 unspecified atom stereocenters. The van der Waals surface area contributed by atoms with Crippen LogP contribution in [0.15, 0.2) is 22.6 Å². The molecule has 2 aromatic heterocycles. The minimum absolute atomic E-state index is 0.0597. The number of nitrogens with zero attached hydrogens (tertiary/aromatic N) is 3. The summed E-state index contributed by atoms with van der Waals surface area (Å²) in [6.07, 6.45) is -6.28. The van der Waals surface area contributed by atoms with Gasteiger partial charge in [-0.25, -0.2) is 4.98 Å². The van der Waals surface area contributed by atoms with Crippen LogP contribution in [0.4, 0.5) is 38.0 Å². The van der Waals surface area contributed by atoms with Gasteiger partial charge in [-0.05, 0) is 43.9 Å². The second-order valence-corrected chi connectivity index (χ2v) is 8.64. The molecule has 8 nitrogen and oxygen atoms in total. The largest absolute Gasteiger partial charge is 0.573 e. The highest BCUT2D eigenvalue weighted by Gasteiger charge is 2.33. The Bertz CT molecular complexity index is 1210. The van der Waals surface area contributed by atoms with Crippen molar-refractivity contribution in [2.24, 2.45) is 0 Å². The standard InChI is InChI=1S/C22H23F6N5O3/c1-11-6-16(19-32-33-20(35-19)30-12-4-2-3-5-14(34)7-12)31-18-15(11)8-13(29-10-21(23,24)25)9-17(18)36-22(26,27)28/h6,8-9,12,14,29,34H,2-5,7,10H2,1H3,(H,30,33). The molecule has 14 heteroatoms. The van der Waals surface area contributed by atoms with Gasteiger partial charge in [-0.15, -0.1) is 18.3 Å². The van der Waals surface area contributed by atoms with E-state index in [0.717, 1.165) is 25.3 Å². The molecule has 2 atom stereocenters. The predicted molar refractivity (Wildman–Crippen MR) is 118 cm³/mol. The van der Waals surface area contributed by atoms with E-state index in [-0.39, 0.29) is 40.2 Å².